The molecule has 9 nitrogen and oxygen atoms in total. The van der Waals surface area contributed by atoms with Crippen molar-refractivity contribution in [2.75, 3.05) is 12.1 Å². The fourth-order valence-corrected chi connectivity index (χ4v) is 5.73. The van der Waals surface area contributed by atoms with Gasteiger partial charge in [0, 0.05) is 22.3 Å². The Labute approximate surface area is 193 Å². The van der Waals surface area contributed by atoms with E-state index in [0.29, 0.717) is 33.3 Å². The molecule has 0 aromatic heterocycles. The number of nitrogens with zero attached hydrogens (tertiary/aromatic N) is 1. The maximum absolute atomic E-state index is 13.7. The fraction of sp³-hybridized carbons (Fsp3) is 0.348. The van der Waals surface area contributed by atoms with Gasteiger partial charge in [-0.1, -0.05) is 17.7 Å². The van der Waals surface area contributed by atoms with E-state index in [1.807, 2.05) is 0 Å². The van der Waals surface area contributed by atoms with E-state index in [0.717, 1.165) is 0 Å². The van der Waals surface area contributed by atoms with Crippen LogP contribution in [0.3, 0.4) is 0 Å². The molecule has 0 radical (unpaired) electrons. The highest BCUT2D eigenvalue weighted by Crippen LogP contribution is 2.54. The molecular weight excluding hydrogens is 450 g/mol. The number of ether oxygens (including phenoxy) is 2. The molecule has 2 aromatic rings. The third kappa shape index (κ3) is 2.70. The van der Waals surface area contributed by atoms with Gasteiger partial charge in [0.05, 0.1) is 24.5 Å². The van der Waals surface area contributed by atoms with Gasteiger partial charge in [0.2, 0.25) is 24.5 Å². The second kappa shape index (κ2) is 6.93. The molecule has 5 unspecified atom stereocenters. The van der Waals surface area contributed by atoms with Crippen LogP contribution in [-0.2, 0) is 26.5 Å². The van der Waals surface area contributed by atoms with Gasteiger partial charge in [0.15, 0.2) is 11.5 Å². The predicted octanol–water partition coefficient (Wildman–Crippen LogP) is 1.37. The molecule has 170 valence electrons. The van der Waals surface area contributed by atoms with Crippen molar-refractivity contribution in [1.29, 1.82) is 0 Å². The number of fused-ring (bicyclic) bond motifs is 5. The Bertz CT molecular complexity index is 1230. The summed E-state index contributed by atoms with van der Waals surface area (Å²) in [5, 5.41) is 16.8. The van der Waals surface area contributed by atoms with Gasteiger partial charge in [-0.15, -0.1) is 0 Å². The number of carbonyl (C=O) groups is 3. The molecule has 4 heterocycles. The zero-order valence-corrected chi connectivity index (χ0v) is 18.3. The zero-order chi connectivity index (χ0) is 23.1. The van der Waals surface area contributed by atoms with E-state index in [4.69, 9.17) is 21.1 Å². The van der Waals surface area contributed by atoms with Crippen molar-refractivity contribution < 1.29 is 29.0 Å². The smallest absolute Gasteiger partial charge is 0.250 e. The van der Waals surface area contributed by atoms with Crippen LogP contribution < -0.4 is 20.1 Å². The fourth-order valence-electron chi connectivity index (χ4n) is 5.56. The maximum Gasteiger partial charge on any atom is 0.250 e. The lowest BCUT2D eigenvalue weighted by molar-refractivity contribution is -0.143. The highest BCUT2D eigenvalue weighted by Gasteiger charge is 2.71. The van der Waals surface area contributed by atoms with Crippen molar-refractivity contribution in [3.63, 3.8) is 0 Å². The normalized spacial score (nSPS) is 30.1. The van der Waals surface area contributed by atoms with Gasteiger partial charge in [-0.05, 0) is 42.8 Å². The van der Waals surface area contributed by atoms with Crippen LogP contribution in [0.15, 0.2) is 36.4 Å². The van der Waals surface area contributed by atoms with E-state index in [1.54, 1.807) is 36.4 Å². The summed E-state index contributed by atoms with van der Waals surface area (Å²) in [7, 11) is 0. The molecule has 33 heavy (non-hydrogen) atoms. The summed E-state index contributed by atoms with van der Waals surface area (Å²) < 4.78 is 10.7. The van der Waals surface area contributed by atoms with Gasteiger partial charge in [-0.3, -0.25) is 24.6 Å². The Hall–Kier alpha value is -3.14. The number of hydrogen-bond acceptors (Lipinski definition) is 7. The Morgan fingerprint density at radius 2 is 1.94 bits per heavy atom. The van der Waals surface area contributed by atoms with Gasteiger partial charge in [-0.2, -0.15) is 0 Å². The van der Waals surface area contributed by atoms with Crippen LogP contribution >= 0.6 is 11.6 Å². The highest BCUT2D eigenvalue weighted by molar-refractivity contribution is 6.31. The minimum atomic E-state index is -1.50. The van der Waals surface area contributed by atoms with Crippen molar-refractivity contribution in [3.8, 4) is 11.5 Å². The molecule has 3 N–H and O–H groups in total. The molecule has 0 aliphatic carbocycles. The number of aliphatic hydroxyl groups is 1. The number of rotatable bonds is 3. The number of anilines is 1. The number of nitrogens with one attached hydrogen (secondary N) is 2. The van der Waals surface area contributed by atoms with Crippen LogP contribution in [0, 0.1) is 11.8 Å². The zero-order valence-electron chi connectivity index (χ0n) is 17.5. The minimum absolute atomic E-state index is 0.0218. The van der Waals surface area contributed by atoms with Crippen LogP contribution in [-0.4, -0.2) is 46.7 Å². The summed E-state index contributed by atoms with van der Waals surface area (Å²) in [5.74, 6) is -2.11. The van der Waals surface area contributed by atoms with E-state index in [1.165, 1.54) is 11.8 Å². The first-order valence-electron chi connectivity index (χ1n) is 10.6. The molecule has 4 aliphatic rings. The topological polar surface area (TPSA) is 117 Å². The van der Waals surface area contributed by atoms with Crippen LogP contribution in [0.2, 0.25) is 5.02 Å². The van der Waals surface area contributed by atoms with Gasteiger partial charge in [-0.25, -0.2) is 0 Å². The maximum atomic E-state index is 13.7. The molecule has 0 bridgehead atoms. The van der Waals surface area contributed by atoms with Crippen LogP contribution in [0.1, 0.15) is 18.1 Å². The van der Waals surface area contributed by atoms with Crippen LogP contribution in [0.4, 0.5) is 5.69 Å². The average Bonchev–Trinajstić information content (AvgIpc) is 3.51. The van der Waals surface area contributed by atoms with Crippen molar-refractivity contribution in [2.24, 2.45) is 11.8 Å². The molecule has 2 aromatic carbocycles. The van der Waals surface area contributed by atoms with Crippen molar-refractivity contribution >= 4 is 35.0 Å². The molecule has 2 saturated heterocycles. The van der Waals surface area contributed by atoms with E-state index < -0.39 is 47.2 Å². The molecule has 1 spiro atoms. The molecule has 4 aliphatic heterocycles. The predicted molar refractivity (Wildman–Crippen MR) is 115 cm³/mol. The summed E-state index contributed by atoms with van der Waals surface area (Å²) in [6.07, 6.45) is -0.977. The Kier molecular flexibility index (Phi) is 4.30. The number of halogens is 1. The molecule has 0 saturated carbocycles. The minimum Gasteiger partial charge on any atom is -0.454 e. The Morgan fingerprint density at radius 1 is 1.15 bits per heavy atom. The van der Waals surface area contributed by atoms with Crippen molar-refractivity contribution in [3.05, 3.63) is 52.5 Å². The second-order valence-electron chi connectivity index (χ2n) is 8.82. The number of aliphatic hydroxyl groups excluding tert-OH is 1. The Morgan fingerprint density at radius 3 is 2.73 bits per heavy atom. The van der Waals surface area contributed by atoms with Gasteiger partial charge in [0.1, 0.15) is 5.54 Å². The quantitative estimate of drug-likeness (QED) is 0.581. The van der Waals surface area contributed by atoms with E-state index in [2.05, 4.69) is 10.6 Å². The van der Waals surface area contributed by atoms with Crippen LogP contribution in [0.25, 0.3) is 0 Å². The van der Waals surface area contributed by atoms with Crippen molar-refractivity contribution in [2.45, 2.75) is 31.2 Å². The van der Waals surface area contributed by atoms with E-state index >= 15 is 0 Å². The standard InChI is InChI=1S/C23H20ClN3O6/c1-10(28)19-17-18(23(26-19)13-7-12(24)3-4-14(13)25-22(23)31)21(30)27(20(17)29)8-11-2-5-15-16(6-11)33-9-32-15/h2-7,10,17-19,26,28H,8-9H2,1H3,(H,25,31). The highest BCUT2D eigenvalue weighted by atomic mass is 35.5. The molecule has 2 fully saturated rings. The molecule has 10 heteroatoms. The lowest BCUT2D eigenvalue weighted by Crippen LogP contribution is -2.54. The molecule has 6 rings (SSSR count). The van der Waals surface area contributed by atoms with Gasteiger partial charge >= 0.3 is 0 Å². The second-order valence-corrected chi connectivity index (χ2v) is 9.25. The first-order chi connectivity index (χ1) is 15.8. The number of imide groups is 1. The first-order valence-corrected chi connectivity index (χ1v) is 11.0. The summed E-state index contributed by atoms with van der Waals surface area (Å²) in [6.45, 7) is 1.68. The number of carbonyl (C=O) groups excluding carboxylic acids is 3. The number of hydrogen-bond donors (Lipinski definition) is 3. The summed E-state index contributed by atoms with van der Waals surface area (Å²) in [4.78, 5) is 41.7. The molecule has 5 atom stereocenters. The lowest BCUT2D eigenvalue weighted by atomic mass is 9.76. The summed E-state index contributed by atoms with van der Waals surface area (Å²) in [5.41, 5.74) is 0.222. The average molecular weight is 470 g/mol. The van der Waals surface area contributed by atoms with Gasteiger partial charge in [0.25, 0.3) is 0 Å². The number of benzene rings is 2. The number of amides is 3. The third-order valence-electron chi connectivity index (χ3n) is 7.00. The van der Waals surface area contributed by atoms with E-state index in [-0.39, 0.29) is 13.3 Å². The summed E-state index contributed by atoms with van der Waals surface area (Å²) in [6, 6.07) is 9.38. The lowest BCUT2D eigenvalue weighted by Gasteiger charge is -2.30. The largest absolute Gasteiger partial charge is 0.454 e. The number of likely N-dealkylation sites (tertiary alicyclic amines) is 1. The monoisotopic (exact) mass is 469 g/mol. The SMILES string of the molecule is CC(O)C1NC2(C(=O)Nc3ccc(Cl)cc32)C2C(=O)N(Cc3ccc4c(c3)OCO4)C(=O)C12. The molecule has 3 amide bonds. The third-order valence-corrected chi connectivity index (χ3v) is 7.24. The van der Waals surface area contributed by atoms with Crippen molar-refractivity contribution in [1.82, 2.24) is 10.2 Å². The first kappa shape index (κ1) is 20.5. The molecular formula is C23H20ClN3O6. The van der Waals surface area contributed by atoms with Gasteiger partial charge < -0.3 is 19.9 Å². The Balaban J connectivity index is 1.42. The van der Waals surface area contributed by atoms with Crippen LogP contribution in [0.5, 0.6) is 11.5 Å². The summed E-state index contributed by atoms with van der Waals surface area (Å²) >= 11 is 6.22. The van der Waals surface area contributed by atoms with E-state index in [9.17, 15) is 19.5 Å².